The van der Waals surface area contributed by atoms with Crippen molar-refractivity contribution in [3.63, 3.8) is 0 Å². The van der Waals surface area contributed by atoms with Crippen LogP contribution < -0.4 is 4.74 Å². The van der Waals surface area contributed by atoms with Crippen molar-refractivity contribution in [1.29, 1.82) is 0 Å². The van der Waals surface area contributed by atoms with Crippen LogP contribution in [0, 0.1) is 0 Å². The first-order valence-electron chi connectivity index (χ1n) is 7.84. The summed E-state index contributed by atoms with van der Waals surface area (Å²) in [6.45, 7) is 4.29. The Hall–Kier alpha value is -2.88. The van der Waals surface area contributed by atoms with Gasteiger partial charge in [-0.25, -0.2) is 9.79 Å². The lowest BCUT2D eigenvalue weighted by atomic mass is 10.0. The minimum Gasteiger partial charge on any atom is -0.497 e. The molecule has 1 aliphatic heterocycles. The third-order valence-electron chi connectivity index (χ3n) is 3.86. The maximum atomic E-state index is 12.0. The van der Waals surface area contributed by atoms with Gasteiger partial charge in [0.1, 0.15) is 5.75 Å². The normalized spacial score (nSPS) is 15.6. The Bertz CT molecular complexity index is 800. The summed E-state index contributed by atoms with van der Waals surface area (Å²) in [7, 11) is 1.60. The second kappa shape index (κ2) is 6.71. The van der Waals surface area contributed by atoms with E-state index in [-0.39, 0.29) is 0 Å². The van der Waals surface area contributed by atoms with Gasteiger partial charge in [0.2, 0.25) is 5.90 Å². The fraction of sp³-hybridized carbons (Fsp3) is 0.200. The van der Waals surface area contributed by atoms with Crippen molar-refractivity contribution in [2.24, 2.45) is 4.99 Å². The van der Waals surface area contributed by atoms with Crippen LogP contribution in [0.25, 0.3) is 6.08 Å². The summed E-state index contributed by atoms with van der Waals surface area (Å²) in [4.78, 5) is 16.3. The molecule has 2 aromatic carbocycles. The van der Waals surface area contributed by atoms with Crippen LogP contribution in [0.3, 0.4) is 0 Å². The van der Waals surface area contributed by atoms with Crippen molar-refractivity contribution in [3.05, 3.63) is 70.9 Å². The van der Waals surface area contributed by atoms with E-state index in [1.54, 1.807) is 25.3 Å². The summed E-state index contributed by atoms with van der Waals surface area (Å²) in [6.07, 6.45) is 1.74. The Labute approximate surface area is 141 Å². The van der Waals surface area contributed by atoms with Crippen LogP contribution >= 0.6 is 0 Å². The van der Waals surface area contributed by atoms with E-state index >= 15 is 0 Å². The lowest BCUT2D eigenvalue weighted by Crippen LogP contribution is -2.05. The van der Waals surface area contributed by atoms with Gasteiger partial charge in [-0.3, -0.25) is 0 Å². The largest absolute Gasteiger partial charge is 0.497 e. The summed E-state index contributed by atoms with van der Waals surface area (Å²) >= 11 is 0. The van der Waals surface area contributed by atoms with Crippen molar-refractivity contribution in [1.82, 2.24) is 0 Å². The van der Waals surface area contributed by atoms with Gasteiger partial charge >= 0.3 is 5.97 Å². The predicted octanol–water partition coefficient (Wildman–Crippen LogP) is 4.16. The van der Waals surface area contributed by atoms with Crippen molar-refractivity contribution in [3.8, 4) is 5.75 Å². The standard InChI is InChI=1S/C20H19NO3/c1-13(2)15-6-4-14(5-7-15)12-18-20(22)24-19(21-18)16-8-10-17(23-3)11-9-16/h4-13H,1-3H3/b18-12-. The first-order chi connectivity index (χ1) is 11.6. The lowest BCUT2D eigenvalue weighted by molar-refractivity contribution is -0.129. The smallest absolute Gasteiger partial charge is 0.363 e. The number of carbonyl (C=O) groups excluding carboxylic acids is 1. The molecule has 0 atom stereocenters. The molecule has 0 amide bonds. The molecule has 0 radical (unpaired) electrons. The minimum absolute atomic E-state index is 0.304. The van der Waals surface area contributed by atoms with Crippen LogP contribution in [0.15, 0.2) is 59.2 Å². The zero-order valence-electron chi connectivity index (χ0n) is 13.9. The Morgan fingerprint density at radius 1 is 1.04 bits per heavy atom. The van der Waals surface area contributed by atoms with Crippen LogP contribution in [0.4, 0.5) is 0 Å². The van der Waals surface area contributed by atoms with Gasteiger partial charge in [0.15, 0.2) is 5.70 Å². The molecule has 0 aromatic heterocycles. The van der Waals surface area contributed by atoms with Crippen LogP contribution in [0.5, 0.6) is 5.75 Å². The van der Waals surface area contributed by atoms with Crippen LogP contribution in [0.2, 0.25) is 0 Å². The molecule has 4 nitrogen and oxygen atoms in total. The molecule has 0 fully saturated rings. The minimum atomic E-state index is -0.436. The van der Waals surface area contributed by atoms with E-state index < -0.39 is 5.97 Å². The van der Waals surface area contributed by atoms with E-state index in [4.69, 9.17) is 9.47 Å². The van der Waals surface area contributed by atoms with Gasteiger partial charge in [-0.15, -0.1) is 0 Å². The first kappa shape index (κ1) is 16.0. The number of esters is 1. The van der Waals surface area contributed by atoms with Gasteiger partial charge in [0, 0.05) is 5.56 Å². The first-order valence-corrected chi connectivity index (χ1v) is 7.84. The summed E-state index contributed by atoms with van der Waals surface area (Å²) in [5, 5.41) is 0. The molecule has 0 unspecified atom stereocenters. The third-order valence-corrected chi connectivity index (χ3v) is 3.86. The number of methoxy groups -OCH3 is 1. The summed E-state index contributed by atoms with van der Waals surface area (Å²) in [6, 6.07) is 15.3. The van der Waals surface area contributed by atoms with Gasteiger partial charge in [-0.2, -0.15) is 0 Å². The molecule has 0 spiro atoms. The molecule has 1 aliphatic rings. The van der Waals surface area contributed by atoms with Gasteiger partial charge in [-0.05, 0) is 47.4 Å². The molecule has 0 saturated heterocycles. The summed E-state index contributed by atoms with van der Waals surface area (Å²) < 4.78 is 10.4. The highest BCUT2D eigenvalue weighted by molar-refractivity contribution is 6.12. The monoisotopic (exact) mass is 321 g/mol. The van der Waals surface area contributed by atoms with Gasteiger partial charge < -0.3 is 9.47 Å². The molecule has 4 heteroatoms. The molecule has 2 aromatic rings. The Kier molecular flexibility index (Phi) is 4.47. The van der Waals surface area contributed by atoms with Crippen molar-refractivity contribution in [2.45, 2.75) is 19.8 Å². The molecule has 0 saturated carbocycles. The number of benzene rings is 2. The number of carbonyl (C=O) groups is 1. The molecule has 1 heterocycles. The highest BCUT2D eigenvalue weighted by Crippen LogP contribution is 2.22. The van der Waals surface area contributed by atoms with E-state index in [0.29, 0.717) is 17.5 Å². The van der Waals surface area contributed by atoms with Crippen LogP contribution in [-0.2, 0) is 9.53 Å². The quantitative estimate of drug-likeness (QED) is 0.627. The molecule has 0 aliphatic carbocycles. The fourth-order valence-electron chi connectivity index (χ4n) is 2.40. The number of cyclic esters (lactones) is 1. The van der Waals surface area contributed by atoms with Gasteiger partial charge in [0.25, 0.3) is 0 Å². The molecule has 3 rings (SSSR count). The molecular weight excluding hydrogens is 302 g/mol. The molecule has 0 N–H and O–H groups in total. The number of nitrogens with zero attached hydrogens (tertiary/aromatic N) is 1. The Morgan fingerprint density at radius 2 is 1.71 bits per heavy atom. The van der Waals surface area contributed by atoms with Gasteiger partial charge in [-0.1, -0.05) is 38.1 Å². The van der Waals surface area contributed by atoms with Crippen molar-refractivity contribution >= 4 is 17.9 Å². The molecule has 0 bridgehead atoms. The van der Waals surface area contributed by atoms with E-state index in [2.05, 4.69) is 31.0 Å². The van der Waals surface area contributed by atoms with Crippen LogP contribution in [0.1, 0.15) is 36.5 Å². The Morgan fingerprint density at radius 3 is 2.29 bits per heavy atom. The van der Waals surface area contributed by atoms with Crippen molar-refractivity contribution < 1.29 is 14.3 Å². The van der Waals surface area contributed by atoms with E-state index in [9.17, 15) is 4.79 Å². The zero-order chi connectivity index (χ0) is 17.1. The maximum absolute atomic E-state index is 12.0. The lowest BCUT2D eigenvalue weighted by Gasteiger charge is -2.04. The molecule has 24 heavy (non-hydrogen) atoms. The highest BCUT2D eigenvalue weighted by Gasteiger charge is 2.24. The average Bonchev–Trinajstić information content (AvgIpc) is 2.96. The van der Waals surface area contributed by atoms with Crippen molar-refractivity contribution in [2.75, 3.05) is 7.11 Å². The Balaban J connectivity index is 1.85. The van der Waals surface area contributed by atoms with E-state index in [0.717, 1.165) is 16.9 Å². The molecule has 122 valence electrons. The number of hydrogen-bond donors (Lipinski definition) is 0. The maximum Gasteiger partial charge on any atom is 0.363 e. The summed E-state index contributed by atoms with van der Waals surface area (Å²) in [5.74, 6) is 1.09. The topological polar surface area (TPSA) is 47.9 Å². The molecular formula is C20H19NO3. The number of rotatable bonds is 4. The second-order valence-corrected chi connectivity index (χ2v) is 5.89. The van der Waals surface area contributed by atoms with Crippen LogP contribution in [-0.4, -0.2) is 19.0 Å². The number of aliphatic imine (C=N–C) groups is 1. The third kappa shape index (κ3) is 3.38. The van der Waals surface area contributed by atoms with E-state index in [1.807, 2.05) is 24.3 Å². The number of ether oxygens (including phenoxy) is 2. The second-order valence-electron chi connectivity index (χ2n) is 5.89. The predicted molar refractivity (Wildman–Crippen MR) is 94.1 cm³/mol. The summed E-state index contributed by atoms with van der Waals surface area (Å²) in [5.41, 5.74) is 3.22. The number of hydrogen-bond acceptors (Lipinski definition) is 4. The zero-order valence-corrected chi connectivity index (χ0v) is 13.9. The highest BCUT2D eigenvalue weighted by atomic mass is 16.6. The SMILES string of the molecule is COc1ccc(C2=N/C(=C\c3ccc(C(C)C)cc3)C(=O)O2)cc1. The fourth-order valence-corrected chi connectivity index (χ4v) is 2.40. The van der Waals surface area contributed by atoms with Gasteiger partial charge in [0.05, 0.1) is 7.11 Å². The average molecular weight is 321 g/mol. The van der Waals surface area contributed by atoms with E-state index in [1.165, 1.54) is 5.56 Å².